The maximum Gasteiger partial charge on any atom is 0.309 e. The molecule has 5 aliphatic carbocycles. The second-order valence-electron chi connectivity index (χ2n) is 14.3. The van der Waals surface area contributed by atoms with Gasteiger partial charge in [0, 0.05) is 0 Å². The second kappa shape index (κ2) is 7.66. The molecule has 5 heteroatoms. The van der Waals surface area contributed by atoms with Gasteiger partial charge in [0.15, 0.2) is 0 Å². The predicted molar refractivity (Wildman–Crippen MR) is 134 cm³/mol. The lowest BCUT2D eigenvalue weighted by atomic mass is 9.31. The highest BCUT2D eigenvalue weighted by Crippen LogP contribution is 2.77. The number of aldehydes is 1. The van der Waals surface area contributed by atoms with E-state index in [1.807, 2.05) is 6.92 Å². The molecule has 0 aliphatic heterocycles. The van der Waals surface area contributed by atoms with Crippen molar-refractivity contribution in [3.05, 3.63) is 12.2 Å². The number of carboxylic acid groups (broad SMARTS) is 1. The first-order chi connectivity index (χ1) is 16.2. The number of aliphatic hydroxyl groups excluding tert-OH is 2. The van der Waals surface area contributed by atoms with E-state index in [4.69, 9.17) is 0 Å². The minimum absolute atomic E-state index is 0.0163. The number of carbonyl (C=O) groups excluding carboxylic acids is 1. The largest absolute Gasteiger partial charge is 0.481 e. The van der Waals surface area contributed by atoms with Crippen molar-refractivity contribution in [3.63, 3.8) is 0 Å². The van der Waals surface area contributed by atoms with Gasteiger partial charge in [0.05, 0.1) is 23.0 Å². The Morgan fingerprint density at radius 1 is 0.943 bits per heavy atom. The molecule has 0 aromatic heterocycles. The zero-order valence-corrected chi connectivity index (χ0v) is 22.3. The van der Waals surface area contributed by atoms with Gasteiger partial charge in [-0.2, -0.15) is 0 Å². The maximum atomic E-state index is 12.8. The van der Waals surface area contributed by atoms with E-state index in [-0.39, 0.29) is 45.8 Å². The smallest absolute Gasteiger partial charge is 0.309 e. The van der Waals surface area contributed by atoms with Crippen LogP contribution in [0.25, 0.3) is 0 Å². The van der Waals surface area contributed by atoms with Crippen LogP contribution in [-0.2, 0) is 9.59 Å². The number of rotatable bonds is 3. The van der Waals surface area contributed by atoms with Crippen LogP contribution in [-0.4, -0.2) is 39.8 Å². The molecule has 0 radical (unpaired) electrons. The minimum Gasteiger partial charge on any atom is -0.481 e. The van der Waals surface area contributed by atoms with Gasteiger partial charge in [-0.25, -0.2) is 0 Å². The summed E-state index contributed by atoms with van der Waals surface area (Å²) in [5.74, 6) is -0.238. The van der Waals surface area contributed by atoms with Crippen molar-refractivity contribution in [3.8, 4) is 0 Å². The number of carbonyl (C=O) groups is 2. The van der Waals surface area contributed by atoms with Crippen LogP contribution in [0.4, 0.5) is 0 Å². The van der Waals surface area contributed by atoms with E-state index < -0.39 is 29.0 Å². The summed E-state index contributed by atoms with van der Waals surface area (Å²) in [7, 11) is 0. The van der Waals surface area contributed by atoms with Crippen molar-refractivity contribution in [1.82, 2.24) is 0 Å². The van der Waals surface area contributed by atoms with E-state index in [0.717, 1.165) is 44.0 Å². The molecule has 5 fully saturated rings. The van der Waals surface area contributed by atoms with Crippen LogP contribution in [0.15, 0.2) is 12.2 Å². The highest BCUT2D eigenvalue weighted by Gasteiger charge is 2.74. The average molecular weight is 487 g/mol. The minimum atomic E-state index is -0.784. The number of aliphatic carboxylic acids is 1. The van der Waals surface area contributed by atoms with E-state index >= 15 is 0 Å². The molecule has 1 unspecified atom stereocenters. The van der Waals surface area contributed by atoms with Gasteiger partial charge in [0.2, 0.25) is 0 Å². The van der Waals surface area contributed by atoms with Gasteiger partial charge in [0.25, 0.3) is 0 Å². The zero-order valence-electron chi connectivity index (χ0n) is 22.3. The molecule has 196 valence electrons. The van der Waals surface area contributed by atoms with E-state index in [9.17, 15) is 24.9 Å². The highest BCUT2D eigenvalue weighted by molar-refractivity contribution is 5.76. The third-order valence-electron chi connectivity index (χ3n) is 13.4. The van der Waals surface area contributed by atoms with E-state index in [0.29, 0.717) is 25.7 Å². The Kier molecular flexibility index (Phi) is 5.57. The Morgan fingerprint density at radius 3 is 2.23 bits per heavy atom. The van der Waals surface area contributed by atoms with Crippen molar-refractivity contribution in [2.75, 3.05) is 0 Å². The molecule has 5 nitrogen and oxygen atoms in total. The van der Waals surface area contributed by atoms with Gasteiger partial charge in [0.1, 0.15) is 6.29 Å². The summed E-state index contributed by atoms with van der Waals surface area (Å²) in [6, 6.07) is 0. The first-order valence-corrected chi connectivity index (χ1v) is 13.9. The highest BCUT2D eigenvalue weighted by atomic mass is 16.4. The number of carboxylic acids is 1. The molecule has 0 aromatic carbocycles. The summed E-state index contributed by atoms with van der Waals surface area (Å²) >= 11 is 0. The standard InChI is InChI=1S/C30H46O5/c1-17(2)18-7-12-30(25(34)35)14-13-28(5)19(23(18)30)15-20(32)24-26(3)10-9-22(33)27(4,16-31)21(26)8-11-29(24,28)6/h16,18-24,32-33H,1,7-15H2,2-6H3,(H,34,35)/t18-,19+,20+,21+,22+,23+,24+,26-,27?,28+,29+,30-/m0/s1. The molecule has 0 bridgehead atoms. The van der Waals surface area contributed by atoms with Gasteiger partial charge in [-0.15, -0.1) is 0 Å². The van der Waals surface area contributed by atoms with Crippen LogP contribution >= 0.6 is 0 Å². The molecule has 35 heavy (non-hydrogen) atoms. The number of allylic oxidation sites excluding steroid dienone is 1. The lowest BCUT2D eigenvalue weighted by Crippen LogP contribution is -2.70. The van der Waals surface area contributed by atoms with Crippen molar-refractivity contribution in [2.24, 2.45) is 56.7 Å². The van der Waals surface area contributed by atoms with Gasteiger partial charge < -0.3 is 20.1 Å². The van der Waals surface area contributed by atoms with Crippen LogP contribution < -0.4 is 0 Å². The summed E-state index contributed by atoms with van der Waals surface area (Å²) in [5, 5.41) is 33.3. The van der Waals surface area contributed by atoms with Crippen LogP contribution in [0.1, 0.15) is 92.4 Å². The molecule has 0 amide bonds. The Morgan fingerprint density at radius 2 is 1.63 bits per heavy atom. The van der Waals surface area contributed by atoms with Gasteiger partial charge in [-0.3, -0.25) is 4.79 Å². The fourth-order valence-corrected chi connectivity index (χ4v) is 11.5. The molecule has 3 N–H and O–H groups in total. The fourth-order valence-electron chi connectivity index (χ4n) is 11.5. The summed E-state index contributed by atoms with van der Waals surface area (Å²) in [4.78, 5) is 25.1. The first kappa shape index (κ1) is 25.4. The van der Waals surface area contributed by atoms with Crippen LogP contribution in [0.5, 0.6) is 0 Å². The first-order valence-electron chi connectivity index (χ1n) is 13.9. The third-order valence-corrected chi connectivity index (χ3v) is 13.4. The number of hydrogen-bond donors (Lipinski definition) is 3. The Bertz CT molecular complexity index is 945. The number of aliphatic hydroxyl groups is 2. The topological polar surface area (TPSA) is 94.8 Å². The van der Waals surface area contributed by atoms with Gasteiger partial charge in [-0.1, -0.05) is 39.8 Å². The summed E-state index contributed by atoms with van der Waals surface area (Å²) in [6.07, 6.45) is 6.79. The molecule has 5 aliphatic rings. The molecular formula is C30H46O5. The molecule has 0 saturated heterocycles. The quantitative estimate of drug-likeness (QED) is 0.375. The van der Waals surface area contributed by atoms with Crippen molar-refractivity contribution >= 4 is 12.3 Å². The van der Waals surface area contributed by atoms with Crippen molar-refractivity contribution < 1.29 is 24.9 Å². The molecule has 0 spiro atoms. The average Bonchev–Trinajstić information content (AvgIpc) is 3.19. The SMILES string of the molecule is C=C(C)[C@@H]1CC[C@]2(C(=O)O)CC[C@]3(C)[C@H](C[C@@H](O)[C@@H]4[C@@]5(C)CC[C@@H](O)C(C)(C=O)[C@@H]5CC[C@]43C)[C@@H]12. The van der Waals surface area contributed by atoms with E-state index in [2.05, 4.69) is 34.3 Å². The summed E-state index contributed by atoms with van der Waals surface area (Å²) < 4.78 is 0. The van der Waals surface area contributed by atoms with Crippen molar-refractivity contribution in [2.45, 2.75) is 105 Å². The fraction of sp³-hybridized carbons (Fsp3) is 0.867. The number of hydrogen-bond acceptors (Lipinski definition) is 4. The Balaban J connectivity index is 1.61. The molecule has 0 heterocycles. The molecule has 5 rings (SSSR count). The molecule has 0 aromatic rings. The Labute approximate surface area is 210 Å². The van der Waals surface area contributed by atoms with Crippen LogP contribution in [0.2, 0.25) is 0 Å². The van der Waals surface area contributed by atoms with Crippen LogP contribution in [0.3, 0.4) is 0 Å². The van der Waals surface area contributed by atoms with E-state index in [1.54, 1.807) is 0 Å². The molecule has 5 saturated carbocycles. The third kappa shape index (κ3) is 2.89. The number of fused-ring (bicyclic) bond motifs is 7. The molecular weight excluding hydrogens is 440 g/mol. The molecule has 12 atom stereocenters. The lowest BCUT2D eigenvalue weighted by molar-refractivity contribution is -0.274. The Hall–Kier alpha value is -1.20. The van der Waals surface area contributed by atoms with Crippen LogP contribution in [0, 0.1) is 56.7 Å². The van der Waals surface area contributed by atoms with Crippen molar-refractivity contribution in [1.29, 1.82) is 0 Å². The second-order valence-corrected chi connectivity index (χ2v) is 14.3. The zero-order chi connectivity index (χ0) is 25.8. The lowest BCUT2D eigenvalue weighted by Gasteiger charge is -2.73. The summed E-state index contributed by atoms with van der Waals surface area (Å²) in [6.45, 7) is 15.3. The van der Waals surface area contributed by atoms with E-state index in [1.165, 1.54) is 0 Å². The van der Waals surface area contributed by atoms with Gasteiger partial charge >= 0.3 is 5.97 Å². The summed E-state index contributed by atoms with van der Waals surface area (Å²) in [5.41, 5.74) is -0.876. The maximum absolute atomic E-state index is 12.8. The predicted octanol–water partition coefficient (Wildman–Crippen LogP) is 5.24. The normalized spacial score (nSPS) is 57.3. The monoisotopic (exact) mass is 486 g/mol. The van der Waals surface area contributed by atoms with Gasteiger partial charge in [-0.05, 0) is 111 Å².